The molecule has 1 saturated heterocycles. The smallest absolute Gasteiger partial charge is 0.227 e. The van der Waals surface area contributed by atoms with Crippen molar-refractivity contribution in [1.82, 2.24) is 0 Å². The molecular formula is C10H16BrNO2. The highest BCUT2D eigenvalue weighted by atomic mass is 79.9. The average molecular weight is 262 g/mol. The Labute approximate surface area is 93.0 Å². The van der Waals surface area contributed by atoms with Crippen molar-refractivity contribution in [3.63, 3.8) is 0 Å². The molecule has 2 aliphatic rings. The van der Waals surface area contributed by atoms with E-state index in [9.17, 15) is 0 Å². The first-order valence-electron chi connectivity index (χ1n) is 5.20. The molecule has 0 aromatic heterocycles. The second kappa shape index (κ2) is 4.09. The summed E-state index contributed by atoms with van der Waals surface area (Å²) in [7, 11) is 1.56. The van der Waals surface area contributed by atoms with Gasteiger partial charge in [0.25, 0.3) is 0 Å². The van der Waals surface area contributed by atoms with Crippen LogP contribution in [0, 0.1) is 0 Å². The van der Waals surface area contributed by atoms with E-state index in [1.807, 2.05) is 0 Å². The fourth-order valence-electron chi connectivity index (χ4n) is 2.40. The van der Waals surface area contributed by atoms with E-state index in [0.29, 0.717) is 4.83 Å². The average Bonchev–Trinajstić information content (AvgIpc) is 2.45. The van der Waals surface area contributed by atoms with Gasteiger partial charge in [-0.2, -0.15) is 0 Å². The molecule has 0 bridgehead atoms. The molecular weight excluding hydrogens is 246 g/mol. The molecule has 1 spiro atoms. The van der Waals surface area contributed by atoms with Crippen LogP contribution in [0.2, 0.25) is 0 Å². The molecule has 1 unspecified atom stereocenters. The largest absolute Gasteiger partial charge is 0.471 e. The standard InChI is InChI=1S/C10H16BrNO2/c1-13-12-9-7-8(11)10(14-9)5-3-2-4-6-10/h8H,2-7H2,1H3/b12-9-. The van der Waals surface area contributed by atoms with Crippen molar-refractivity contribution in [3.8, 4) is 0 Å². The minimum Gasteiger partial charge on any atom is -0.471 e. The fraction of sp³-hybridized carbons (Fsp3) is 0.900. The minimum absolute atomic E-state index is 0.00954. The lowest BCUT2D eigenvalue weighted by Crippen LogP contribution is -2.38. The third kappa shape index (κ3) is 1.76. The number of alkyl halides is 1. The summed E-state index contributed by atoms with van der Waals surface area (Å²) in [5.74, 6) is 0.747. The number of halogens is 1. The zero-order valence-corrected chi connectivity index (χ0v) is 10.0. The zero-order chi connectivity index (χ0) is 10.0. The van der Waals surface area contributed by atoms with E-state index in [4.69, 9.17) is 9.57 Å². The predicted molar refractivity (Wildman–Crippen MR) is 58.7 cm³/mol. The van der Waals surface area contributed by atoms with Gasteiger partial charge in [-0.15, -0.1) is 0 Å². The highest BCUT2D eigenvalue weighted by Crippen LogP contribution is 2.43. The van der Waals surface area contributed by atoms with Gasteiger partial charge in [0.2, 0.25) is 5.90 Å². The monoisotopic (exact) mass is 261 g/mol. The van der Waals surface area contributed by atoms with E-state index in [-0.39, 0.29) is 5.60 Å². The summed E-state index contributed by atoms with van der Waals surface area (Å²) in [5, 5.41) is 3.89. The molecule has 1 saturated carbocycles. The van der Waals surface area contributed by atoms with Gasteiger partial charge < -0.3 is 9.57 Å². The Balaban J connectivity index is 2.09. The van der Waals surface area contributed by atoms with Crippen LogP contribution in [0.25, 0.3) is 0 Å². The van der Waals surface area contributed by atoms with Gasteiger partial charge >= 0.3 is 0 Å². The maximum atomic E-state index is 5.92. The SMILES string of the molecule is CO/N=C1/CC(Br)C2(CCCCC2)O1. The molecule has 2 rings (SSSR count). The van der Waals surface area contributed by atoms with Crippen LogP contribution in [-0.2, 0) is 9.57 Å². The maximum absolute atomic E-state index is 5.92. The van der Waals surface area contributed by atoms with Crippen molar-refractivity contribution in [2.45, 2.75) is 49.0 Å². The number of rotatable bonds is 1. The van der Waals surface area contributed by atoms with Gasteiger partial charge in [0.15, 0.2) is 0 Å². The molecule has 1 aliphatic heterocycles. The summed E-state index contributed by atoms with van der Waals surface area (Å²) in [6.07, 6.45) is 7.01. The molecule has 4 heteroatoms. The first-order valence-corrected chi connectivity index (χ1v) is 6.11. The van der Waals surface area contributed by atoms with Gasteiger partial charge in [-0.25, -0.2) is 0 Å². The van der Waals surface area contributed by atoms with Crippen molar-refractivity contribution >= 4 is 21.8 Å². The van der Waals surface area contributed by atoms with Crippen molar-refractivity contribution in [2.75, 3.05) is 7.11 Å². The topological polar surface area (TPSA) is 30.8 Å². The molecule has 1 atom stereocenters. The second-order valence-electron chi connectivity index (χ2n) is 4.07. The van der Waals surface area contributed by atoms with Crippen LogP contribution in [0.5, 0.6) is 0 Å². The molecule has 1 heterocycles. The number of nitrogens with zero attached hydrogens (tertiary/aromatic N) is 1. The number of hydrogen-bond acceptors (Lipinski definition) is 3. The van der Waals surface area contributed by atoms with E-state index < -0.39 is 0 Å². The van der Waals surface area contributed by atoms with Crippen molar-refractivity contribution in [3.05, 3.63) is 0 Å². The Morgan fingerprint density at radius 3 is 2.79 bits per heavy atom. The lowest BCUT2D eigenvalue weighted by molar-refractivity contribution is 0.0407. The first kappa shape index (κ1) is 10.3. The molecule has 0 aromatic rings. The third-order valence-corrected chi connectivity index (χ3v) is 4.30. The normalized spacial score (nSPS) is 33.3. The van der Waals surface area contributed by atoms with Crippen LogP contribution in [0.4, 0.5) is 0 Å². The molecule has 1 aliphatic carbocycles. The fourth-order valence-corrected chi connectivity index (χ4v) is 3.23. The lowest BCUT2D eigenvalue weighted by Gasteiger charge is -2.34. The Bertz CT molecular complexity index is 236. The van der Waals surface area contributed by atoms with E-state index in [1.54, 1.807) is 7.11 Å². The zero-order valence-electron chi connectivity index (χ0n) is 8.46. The summed E-state index contributed by atoms with van der Waals surface area (Å²) in [6, 6.07) is 0. The highest BCUT2D eigenvalue weighted by Gasteiger charge is 2.47. The van der Waals surface area contributed by atoms with Gasteiger partial charge in [-0.05, 0) is 25.7 Å². The molecule has 0 radical (unpaired) electrons. The van der Waals surface area contributed by atoms with Crippen LogP contribution in [0.3, 0.4) is 0 Å². The van der Waals surface area contributed by atoms with Gasteiger partial charge in [0.05, 0.1) is 4.83 Å². The van der Waals surface area contributed by atoms with Crippen LogP contribution >= 0.6 is 15.9 Å². The Kier molecular flexibility index (Phi) is 3.00. The Morgan fingerprint density at radius 2 is 2.14 bits per heavy atom. The molecule has 80 valence electrons. The summed E-state index contributed by atoms with van der Waals surface area (Å²) >= 11 is 3.71. The van der Waals surface area contributed by atoms with Gasteiger partial charge in [0.1, 0.15) is 12.7 Å². The lowest BCUT2D eigenvalue weighted by atomic mass is 9.83. The molecule has 3 nitrogen and oxygen atoms in total. The van der Waals surface area contributed by atoms with Crippen molar-refractivity contribution in [1.29, 1.82) is 0 Å². The van der Waals surface area contributed by atoms with Gasteiger partial charge in [0, 0.05) is 6.42 Å². The molecule has 14 heavy (non-hydrogen) atoms. The summed E-state index contributed by atoms with van der Waals surface area (Å²) in [5.41, 5.74) is 0.00954. The van der Waals surface area contributed by atoms with Crippen molar-refractivity contribution in [2.24, 2.45) is 5.16 Å². The van der Waals surface area contributed by atoms with E-state index in [1.165, 1.54) is 19.3 Å². The van der Waals surface area contributed by atoms with E-state index >= 15 is 0 Å². The van der Waals surface area contributed by atoms with Crippen LogP contribution in [0.1, 0.15) is 38.5 Å². The van der Waals surface area contributed by atoms with Gasteiger partial charge in [-0.1, -0.05) is 27.5 Å². The third-order valence-electron chi connectivity index (χ3n) is 3.14. The molecule has 0 N–H and O–H groups in total. The van der Waals surface area contributed by atoms with Crippen LogP contribution < -0.4 is 0 Å². The first-order chi connectivity index (χ1) is 6.77. The predicted octanol–water partition coefficient (Wildman–Crippen LogP) is 2.83. The van der Waals surface area contributed by atoms with E-state index in [2.05, 4.69) is 21.1 Å². The summed E-state index contributed by atoms with van der Waals surface area (Å²) in [6.45, 7) is 0. The number of oxime groups is 1. The second-order valence-corrected chi connectivity index (χ2v) is 5.17. The summed E-state index contributed by atoms with van der Waals surface area (Å²) in [4.78, 5) is 5.16. The van der Waals surface area contributed by atoms with Crippen LogP contribution in [0.15, 0.2) is 5.16 Å². The quantitative estimate of drug-likeness (QED) is 0.537. The van der Waals surface area contributed by atoms with Crippen molar-refractivity contribution < 1.29 is 9.57 Å². The van der Waals surface area contributed by atoms with E-state index in [0.717, 1.165) is 25.2 Å². The Hall–Kier alpha value is -0.250. The van der Waals surface area contributed by atoms with Gasteiger partial charge in [-0.3, -0.25) is 0 Å². The Morgan fingerprint density at radius 1 is 1.43 bits per heavy atom. The number of ether oxygens (including phenoxy) is 1. The number of hydrogen-bond donors (Lipinski definition) is 0. The molecule has 2 fully saturated rings. The summed E-state index contributed by atoms with van der Waals surface area (Å²) < 4.78 is 5.92. The van der Waals surface area contributed by atoms with Crippen LogP contribution in [-0.4, -0.2) is 23.4 Å². The minimum atomic E-state index is 0.00954. The maximum Gasteiger partial charge on any atom is 0.227 e. The molecule has 0 aromatic carbocycles. The highest BCUT2D eigenvalue weighted by molar-refractivity contribution is 9.09. The molecule has 0 amide bonds.